The maximum Gasteiger partial charge on any atom is 0.329 e. The fourth-order valence-electron chi connectivity index (χ4n) is 2.28. The molecule has 0 bridgehead atoms. The Balaban J connectivity index is 1.97. The molecule has 0 saturated heterocycles. The monoisotopic (exact) mass is 423 g/mol. The van der Waals surface area contributed by atoms with Crippen LogP contribution < -0.4 is 5.32 Å². The van der Waals surface area contributed by atoms with Gasteiger partial charge in [-0.05, 0) is 67.0 Å². The number of halogens is 2. The normalized spacial score (nSPS) is 11.5. The third-order valence-corrected chi connectivity index (χ3v) is 4.71. The first kappa shape index (κ1) is 21.9. The van der Waals surface area contributed by atoms with E-state index in [4.69, 9.17) is 16.3 Å². The number of rotatable bonds is 9. The van der Waals surface area contributed by atoms with Crippen molar-refractivity contribution >= 4 is 41.0 Å². The van der Waals surface area contributed by atoms with Gasteiger partial charge in [-0.2, -0.15) is 11.8 Å². The molecule has 0 heterocycles. The molecule has 2 aromatic rings. The van der Waals surface area contributed by atoms with Crippen LogP contribution in [0.4, 0.5) is 4.39 Å². The average molecular weight is 424 g/mol. The number of hydrogen-bond acceptors (Lipinski definition) is 5. The minimum absolute atomic E-state index is 0.236. The second kappa shape index (κ2) is 10.8. The smallest absolute Gasteiger partial charge is 0.329 e. The van der Waals surface area contributed by atoms with E-state index in [0.717, 1.165) is 12.1 Å². The first-order valence-corrected chi connectivity index (χ1v) is 10.2. The standard InChI is InChI=1S/C20H19ClFNO4S/c1-28-11-10-17(23-19(25)14-2-6-15(21)7-3-14)20(26)27-12-18(24)13-4-8-16(22)9-5-13/h2-9,17H,10-12H2,1H3,(H,23,25). The molecule has 0 aromatic heterocycles. The summed E-state index contributed by atoms with van der Waals surface area (Å²) in [5.41, 5.74) is 0.591. The minimum atomic E-state index is -0.892. The first-order valence-electron chi connectivity index (χ1n) is 8.41. The third-order valence-electron chi connectivity index (χ3n) is 3.82. The molecular formula is C20H19ClFNO4S. The van der Waals surface area contributed by atoms with Crippen molar-refractivity contribution in [3.63, 3.8) is 0 Å². The second-order valence-electron chi connectivity index (χ2n) is 5.85. The largest absolute Gasteiger partial charge is 0.456 e. The molecule has 1 amide bonds. The lowest BCUT2D eigenvalue weighted by molar-refractivity contribution is -0.144. The van der Waals surface area contributed by atoms with Crippen molar-refractivity contribution < 1.29 is 23.5 Å². The molecule has 148 valence electrons. The molecule has 0 radical (unpaired) electrons. The molecule has 0 spiro atoms. The van der Waals surface area contributed by atoms with Gasteiger partial charge in [0.15, 0.2) is 12.4 Å². The second-order valence-corrected chi connectivity index (χ2v) is 7.27. The quantitative estimate of drug-likeness (QED) is 0.491. The molecular weight excluding hydrogens is 405 g/mol. The highest BCUT2D eigenvalue weighted by atomic mass is 35.5. The van der Waals surface area contributed by atoms with Gasteiger partial charge in [0.25, 0.3) is 5.91 Å². The fourth-order valence-corrected chi connectivity index (χ4v) is 2.88. The lowest BCUT2D eigenvalue weighted by atomic mass is 10.1. The van der Waals surface area contributed by atoms with Crippen LogP contribution in [0.15, 0.2) is 48.5 Å². The fraction of sp³-hybridized carbons (Fsp3) is 0.250. The van der Waals surface area contributed by atoms with E-state index in [1.165, 1.54) is 23.9 Å². The Hall–Kier alpha value is -2.38. The van der Waals surface area contributed by atoms with Crippen molar-refractivity contribution in [2.24, 2.45) is 0 Å². The number of nitrogens with one attached hydrogen (secondary N) is 1. The molecule has 5 nitrogen and oxygen atoms in total. The molecule has 0 fully saturated rings. The van der Waals surface area contributed by atoms with Crippen LogP contribution in [0.3, 0.4) is 0 Å². The summed E-state index contributed by atoms with van der Waals surface area (Å²) < 4.78 is 18.0. The number of carbonyl (C=O) groups is 3. The SMILES string of the molecule is CSCCC(NC(=O)c1ccc(Cl)cc1)C(=O)OCC(=O)c1ccc(F)cc1. The molecule has 0 aliphatic rings. The Morgan fingerprint density at radius 1 is 1.07 bits per heavy atom. The van der Waals surface area contributed by atoms with Crippen LogP contribution >= 0.6 is 23.4 Å². The van der Waals surface area contributed by atoms with Gasteiger partial charge >= 0.3 is 5.97 Å². The predicted molar refractivity (Wildman–Crippen MR) is 107 cm³/mol. The van der Waals surface area contributed by atoms with Gasteiger partial charge < -0.3 is 10.1 Å². The van der Waals surface area contributed by atoms with Crippen LogP contribution in [0.2, 0.25) is 5.02 Å². The minimum Gasteiger partial charge on any atom is -0.456 e. The van der Waals surface area contributed by atoms with E-state index in [-0.39, 0.29) is 5.56 Å². The Labute approximate surface area is 171 Å². The highest BCUT2D eigenvalue weighted by molar-refractivity contribution is 7.98. The van der Waals surface area contributed by atoms with Crippen molar-refractivity contribution in [1.82, 2.24) is 5.32 Å². The van der Waals surface area contributed by atoms with Crippen molar-refractivity contribution in [3.8, 4) is 0 Å². The van der Waals surface area contributed by atoms with Crippen LogP contribution in [0.25, 0.3) is 0 Å². The number of amides is 1. The highest BCUT2D eigenvalue weighted by Gasteiger charge is 2.23. The van der Waals surface area contributed by atoms with Crippen LogP contribution in [0.1, 0.15) is 27.1 Å². The number of hydrogen-bond donors (Lipinski definition) is 1. The number of carbonyl (C=O) groups excluding carboxylic acids is 3. The van der Waals surface area contributed by atoms with E-state index in [1.54, 1.807) is 24.3 Å². The zero-order valence-corrected chi connectivity index (χ0v) is 16.7. The Kier molecular flexibility index (Phi) is 8.47. The summed E-state index contributed by atoms with van der Waals surface area (Å²) in [4.78, 5) is 36.8. The molecule has 0 aliphatic carbocycles. The number of Topliss-reactive ketones (excluding diaryl/α,β-unsaturated/α-hetero) is 1. The van der Waals surface area contributed by atoms with Crippen LogP contribution in [0.5, 0.6) is 0 Å². The van der Waals surface area contributed by atoms with Crippen LogP contribution in [0, 0.1) is 5.82 Å². The Bertz CT molecular complexity index is 827. The van der Waals surface area contributed by atoms with Crippen molar-refractivity contribution in [2.75, 3.05) is 18.6 Å². The van der Waals surface area contributed by atoms with Gasteiger partial charge in [-0.3, -0.25) is 9.59 Å². The number of esters is 1. The van der Waals surface area contributed by atoms with E-state index in [1.807, 2.05) is 6.26 Å². The van der Waals surface area contributed by atoms with Crippen LogP contribution in [-0.2, 0) is 9.53 Å². The maximum absolute atomic E-state index is 12.9. The number of ether oxygens (including phenoxy) is 1. The van der Waals surface area contributed by atoms with E-state index in [2.05, 4.69) is 5.32 Å². The van der Waals surface area contributed by atoms with E-state index >= 15 is 0 Å². The zero-order chi connectivity index (χ0) is 20.5. The van der Waals surface area contributed by atoms with Crippen molar-refractivity contribution in [1.29, 1.82) is 0 Å². The summed E-state index contributed by atoms with van der Waals surface area (Å²) in [6.07, 6.45) is 2.23. The van der Waals surface area contributed by atoms with E-state index < -0.39 is 36.1 Å². The molecule has 1 atom stereocenters. The molecule has 2 rings (SSSR count). The lowest BCUT2D eigenvalue weighted by Gasteiger charge is -2.17. The van der Waals surface area contributed by atoms with Gasteiger partial charge in [0.05, 0.1) is 0 Å². The molecule has 0 saturated carbocycles. The zero-order valence-electron chi connectivity index (χ0n) is 15.1. The Morgan fingerprint density at radius 3 is 2.29 bits per heavy atom. The summed E-state index contributed by atoms with van der Waals surface area (Å²) in [7, 11) is 0. The van der Waals surface area contributed by atoms with Crippen LogP contribution in [-0.4, -0.2) is 42.3 Å². The number of ketones is 1. The molecule has 8 heteroatoms. The van der Waals surface area contributed by atoms with Gasteiger partial charge in [0, 0.05) is 16.1 Å². The van der Waals surface area contributed by atoms with Crippen molar-refractivity contribution in [3.05, 3.63) is 70.5 Å². The first-order chi connectivity index (χ1) is 13.4. The molecule has 0 aliphatic heterocycles. The molecule has 1 unspecified atom stereocenters. The maximum atomic E-state index is 12.9. The van der Waals surface area contributed by atoms with Gasteiger partial charge in [0.2, 0.25) is 0 Å². The van der Waals surface area contributed by atoms with Gasteiger partial charge in [-0.1, -0.05) is 11.6 Å². The molecule has 28 heavy (non-hydrogen) atoms. The van der Waals surface area contributed by atoms with Gasteiger partial charge in [-0.15, -0.1) is 0 Å². The number of thioether (sulfide) groups is 1. The van der Waals surface area contributed by atoms with Gasteiger partial charge in [0.1, 0.15) is 11.9 Å². The molecule has 1 N–H and O–H groups in total. The number of benzene rings is 2. The average Bonchev–Trinajstić information content (AvgIpc) is 2.69. The Morgan fingerprint density at radius 2 is 1.68 bits per heavy atom. The third kappa shape index (κ3) is 6.65. The lowest BCUT2D eigenvalue weighted by Crippen LogP contribution is -2.42. The summed E-state index contributed by atoms with van der Waals surface area (Å²) in [6.45, 7) is -0.489. The molecule has 2 aromatic carbocycles. The summed E-state index contributed by atoms with van der Waals surface area (Å²) in [5.74, 6) is -1.44. The summed E-state index contributed by atoms with van der Waals surface area (Å²) in [6, 6.07) is 10.3. The van der Waals surface area contributed by atoms with E-state index in [9.17, 15) is 18.8 Å². The van der Waals surface area contributed by atoms with Crippen molar-refractivity contribution in [2.45, 2.75) is 12.5 Å². The summed E-state index contributed by atoms with van der Waals surface area (Å²) >= 11 is 7.33. The topological polar surface area (TPSA) is 72.5 Å². The highest BCUT2D eigenvalue weighted by Crippen LogP contribution is 2.11. The van der Waals surface area contributed by atoms with Gasteiger partial charge in [-0.25, -0.2) is 9.18 Å². The predicted octanol–water partition coefficient (Wildman–Crippen LogP) is 3.76. The summed E-state index contributed by atoms with van der Waals surface area (Å²) in [5, 5.41) is 3.12. The van der Waals surface area contributed by atoms with E-state index in [0.29, 0.717) is 22.8 Å².